The average Bonchev–Trinajstić information content (AvgIpc) is 2.36. The van der Waals surface area contributed by atoms with Gasteiger partial charge in [-0.2, -0.15) is 0 Å². The van der Waals surface area contributed by atoms with E-state index in [2.05, 4.69) is 10.2 Å². The monoisotopic (exact) mass is 220 g/mol. The summed E-state index contributed by atoms with van der Waals surface area (Å²) in [6.45, 7) is 1.79. The number of aryl methyl sites for hydroxylation is 1. The number of aliphatic carboxylic acids is 1. The van der Waals surface area contributed by atoms with Crippen LogP contribution in [-0.4, -0.2) is 31.9 Å². The molecule has 14 heavy (non-hydrogen) atoms. The van der Waals surface area contributed by atoms with Gasteiger partial charge in [0.15, 0.2) is 0 Å². The van der Waals surface area contributed by atoms with Crippen LogP contribution in [0.2, 0.25) is 0 Å². The number of carboxylic acid groups (broad SMARTS) is 1. The molecule has 0 aliphatic rings. The summed E-state index contributed by atoms with van der Waals surface area (Å²) in [7, 11) is 1.78. The first-order valence-electron chi connectivity index (χ1n) is 3.85. The van der Waals surface area contributed by atoms with E-state index in [-0.39, 0.29) is 18.8 Å². The summed E-state index contributed by atoms with van der Waals surface area (Å²) in [6.07, 6.45) is 0.201. The molecule has 0 saturated heterocycles. The second-order valence-corrected chi connectivity index (χ2v) is 2.87. The molecule has 0 bridgehead atoms. The van der Waals surface area contributed by atoms with Gasteiger partial charge in [0, 0.05) is 13.5 Å². The number of nitrogens with zero attached hydrogens (tertiary/aromatic N) is 3. The standard InChI is InChI=1S/C7H12N4O2.ClH/c1-4-9-10-6(11(4)2)3-5(8)7(12)13;/h5H,3,8H2,1-2H3,(H,12,13);1H. The van der Waals surface area contributed by atoms with Crippen molar-refractivity contribution in [2.24, 2.45) is 12.8 Å². The largest absolute Gasteiger partial charge is 0.480 e. The average molecular weight is 221 g/mol. The molecule has 1 unspecified atom stereocenters. The van der Waals surface area contributed by atoms with Crippen LogP contribution in [0.3, 0.4) is 0 Å². The van der Waals surface area contributed by atoms with Crippen molar-refractivity contribution in [2.75, 3.05) is 0 Å². The van der Waals surface area contributed by atoms with Crippen LogP contribution < -0.4 is 5.73 Å². The van der Waals surface area contributed by atoms with E-state index in [0.717, 1.165) is 5.82 Å². The molecular weight excluding hydrogens is 208 g/mol. The van der Waals surface area contributed by atoms with Crippen LogP contribution >= 0.6 is 12.4 Å². The van der Waals surface area contributed by atoms with Gasteiger partial charge in [-0.05, 0) is 6.92 Å². The highest BCUT2D eigenvalue weighted by molar-refractivity contribution is 5.85. The maximum absolute atomic E-state index is 10.4. The molecule has 7 heteroatoms. The summed E-state index contributed by atoms with van der Waals surface area (Å²) in [5.41, 5.74) is 5.35. The fourth-order valence-electron chi connectivity index (χ4n) is 0.913. The Morgan fingerprint density at radius 2 is 2.21 bits per heavy atom. The summed E-state index contributed by atoms with van der Waals surface area (Å²) in [6, 6.07) is -0.915. The van der Waals surface area contributed by atoms with E-state index in [1.54, 1.807) is 18.5 Å². The summed E-state index contributed by atoms with van der Waals surface area (Å²) < 4.78 is 1.72. The Morgan fingerprint density at radius 3 is 2.57 bits per heavy atom. The molecule has 1 atom stereocenters. The number of nitrogens with two attached hydrogens (primary N) is 1. The zero-order valence-corrected chi connectivity index (χ0v) is 8.78. The van der Waals surface area contributed by atoms with E-state index < -0.39 is 12.0 Å². The number of carbonyl (C=O) groups is 1. The third-order valence-electron chi connectivity index (χ3n) is 1.90. The normalized spacial score (nSPS) is 11.9. The summed E-state index contributed by atoms with van der Waals surface area (Å²) >= 11 is 0. The zero-order valence-electron chi connectivity index (χ0n) is 7.97. The smallest absolute Gasteiger partial charge is 0.320 e. The lowest BCUT2D eigenvalue weighted by Crippen LogP contribution is -2.33. The number of aromatic nitrogens is 3. The van der Waals surface area contributed by atoms with E-state index >= 15 is 0 Å². The van der Waals surface area contributed by atoms with Crippen molar-refractivity contribution in [1.82, 2.24) is 14.8 Å². The van der Waals surface area contributed by atoms with Crippen molar-refractivity contribution in [3.8, 4) is 0 Å². The highest BCUT2D eigenvalue weighted by Gasteiger charge is 2.15. The maximum atomic E-state index is 10.4. The topological polar surface area (TPSA) is 94.0 Å². The van der Waals surface area contributed by atoms with Crippen LogP contribution in [-0.2, 0) is 18.3 Å². The lowest BCUT2D eigenvalue weighted by atomic mass is 10.2. The van der Waals surface area contributed by atoms with Crippen molar-refractivity contribution in [2.45, 2.75) is 19.4 Å². The summed E-state index contributed by atoms with van der Waals surface area (Å²) in [5, 5.41) is 16.2. The van der Waals surface area contributed by atoms with Crippen molar-refractivity contribution in [3.05, 3.63) is 11.6 Å². The molecule has 6 nitrogen and oxygen atoms in total. The first kappa shape index (κ1) is 12.9. The molecule has 0 saturated carbocycles. The molecule has 1 aromatic heterocycles. The lowest BCUT2D eigenvalue weighted by Gasteiger charge is -2.05. The van der Waals surface area contributed by atoms with Gasteiger partial charge in [-0.1, -0.05) is 0 Å². The number of hydrogen-bond donors (Lipinski definition) is 2. The second kappa shape index (κ2) is 4.92. The van der Waals surface area contributed by atoms with Gasteiger partial charge in [-0.3, -0.25) is 4.79 Å². The fourth-order valence-corrected chi connectivity index (χ4v) is 0.913. The molecular formula is C7H13ClN4O2. The van der Waals surface area contributed by atoms with Crippen molar-refractivity contribution in [1.29, 1.82) is 0 Å². The van der Waals surface area contributed by atoms with Gasteiger partial charge in [0.1, 0.15) is 17.7 Å². The molecule has 80 valence electrons. The van der Waals surface area contributed by atoms with Gasteiger partial charge in [0.25, 0.3) is 0 Å². The van der Waals surface area contributed by atoms with E-state index in [9.17, 15) is 4.79 Å². The second-order valence-electron chi connectivity index (χ2n) is 2.87. The van der Waals surface area contributed by atoms with Gasteiger partial charge in [0.05, 0.1) is 0 Å². The molecule has 0 amide bonds. The Labute approximate surface area is 87.5 Å². The quantitative estimate of drug-likeness (QED) is 0.716. The van der Waals surface area contributed by atoms with Crippen LogP contribution in [0.1, 0.15) is 11.6 Å². The third kappa shape index (κ3) is 2.68. The first-order valence-corrected chi connectivity index (χ1v) is 3.85. The maximum Gasteiger partial charge on any atom is 0.320 e. The Morgan fingerprint density at radius 1 is 1.64 bits per heavy atom. The molecule has 0 fully saturated rings. The van der Waals surface area contributed by atoms with Crippen LogP contribution in [0, 0.1) is 6.92 Å². The van der Waals surface area contributed by atoms with E-state index in [0.29, 0.717) is 5.82 Å². The van der Waals surface area contributed by atoms with E-state index in [4.69, 9.17) is 10.8 Å². The Balaban J connectivity index is 0.00000169. The lowest BCUT2D eigenvalue weighted by molar-refractivity contribution is -0.138. The van der Waals surface area contributed by atoms with Crippen LogP contribution in [0.15, 0.2) is 0 Å². The van der Waals surface area contributed by atoms with E-state index in [1.807, 2.05) is 0 Å². The van der Waals surface area contributed by atoms with Gasteiger partial charge in [0.2, 0.25) is 0 Å². The highest BCUT2D eigenvalue weighted by Crippen LogP contribution is 2.00. The molecule has 0 aliphatic heterocycles. The summed E-state index contributed by atoms with van der Waals surface area (Å²) in [5.74, 6) is 0.306. The zero-order chi connectivity index (χ0) is 10.0. The molecule has 0 aliphatic carbocycles. The first-order chi connectivity index (χ1) is 6.02. The Hall–Kier alpha value is -1.14. The molecule has 0 radical (unpaired) electrons. The van der Waals surface area contributed by atoms with Gasteiger partial charge in [-0.15, -0.1) is 22.6 Å². The number of rotatable bonds is 3. The molecule has 1 rings (SSSR count). The minimum Gasteiger partial charge on any atom is -0.480 e. The Kier molecular flexibility index (Phi) is 4.52. The predicted octanol–water partition coefficient (Wildman–Crippen LogP) is -0.500. The highest BCUT2D eigenvalue weighted by atomic mass is 35.5. The number of hydrogen-bond acceptors (Lipinski definition) is 4. The van der Waals surface area contributed by atoms with Gasteiger partial charge in [-0.25, -0.2) is 0 Å². The SMILES string of the molecule is Cc1nnc(CC(N)C(=O)O)n1C.Cl. The van der Waals surface area contributed by atoms with Crippen LogP contribution in [0.25, 0.3) is 0 Å². The van der Waals surface area contributed by atoms with Crippen molar-refractivity contribution >= 4 is 18.4 Å². The fraction of sp³-hybridized carbons (Fsp3) is 0.571. The Bertz CT molecular complexity index is 325. The van der Waals surface area contributed by atoms with Gasteiger partial charge >= 0.3 is 5.97 Å². The number of carboxylic acids is 1. The van der Waals surface area contributed by atoms with Crippen LogP contribution in [0.5, 0.6) is 0 Å². The number of halogens is 1. The minimum atomic E-state index is -1.03. The molecule has 0 spiro atoms. The van der Waals surface area contributed by atoms with Crippen LogP contribution in [0.4, 0.5) is 0 Å². The van der Waals surface area contributed by atoms with E-state index in [1.165, 1.54) is 0 Å². The van der Waals surface area contributed by atoms with Crippen molar-refractivity contribution in [3.63, 3.8) is 0 Å². The summed E-state index contributed by atoms with van der Waals surface area (Å²) in [4.78, 5) is 10.4. The molecule has 3 N–H and O–H groups in total. The van der Waals surface area contributed by atoms with Crippen molar-refractivity contribution < 1.29 is 9.90 Å². The molecule has 0 aromatic carbocycles. The molecule has 1 heterocycles. The third-order valence-corrected chi connectivity index (χ3v) is 1.90. The molecule has 1 aromatic rings. The minimum absolute atomic E-state index is 0. The van der Waals surface area contributed by atoms with Gasteiger partial charge < -0.3 is 15.4 Å². The predicted molar refractivity (Wildman–Crippen MR) is 52.3 cm³/mol.